The summed E-state index contributed by atoms with van der Waals surface area (Å²) in [6, 6.07) is 12.3. The number of hydrogen-bond acceptors (Lipinski definition) is 5. The highest BCUT2D eigenvalue weighted by Crippen LogP contribution is 2.27. The minimum atomic E-state index is -0.201. The Morgan fingerprint density at radius 1 is 1.23 bits per heavy atom. The van der Waals surface area contributed by atoms with E-state index in [-0.39, 0.29) is 11.7 Å². The summed E-state index contributed by atoms with van der Waals surface area (Å²) in [5.74, 6) is 0.649. The molecule has 1 amide bonds. The largest absolute Gasteiger partial charge is 0.399 e. The third-order valence-corrected chi connectivity index (χ3v) is 5.09. The number of carbonyl (C=O) groups excluding carboxylic acids is 1. The molecule has 3 rings (SSSR count). The van der Waals surface area contributed by atoms with E-state index in [1.54, 1.807) is 18.2 Å². The molecule has 134 valence electrons. The van der Waals surface area contributed by atoms with E-state index in [4.69, 9.17) is 28.9 Å². The molecule has 0 radical (unpaired) electrons. The summed E-state index contributed by atoms with van der Waals surface area (Å²) < 4.78 is 1.82. The molecule has 0 aliphatic carbocycles. The molecule has 0 saturated carbocycles. The molecule has 0 spiro atoms. The second-order valence-corrected chi connectivity index (χ2v) is 7.24. The number of rotatable bonds is 5. The summed E-state index contributed by atoms with van der Waals surface area (Å²) in [6.45, 7) is 0. The van der Waals surface area contributed by atoms with Crippen molar-refractivity contribution in [1.29, 1.82) is 0 Å². The maximum atomic E-state index is 12.2. The third kappa shape index (κ3) is 4.30. The molecule has 0 aliphatic heterocycles. The van der Waals surface area contributed by atoms with Gasteiger partial charge in [0.15, 0.2) is 11.0 Å². The number of aromatic nitrogens is 3. The Hall–Kier alpha value is -2.22. The molecule has 26 heavy (non-hydrogen) atoms. The zero-order chi connectivity index (χ0) is 18.7. The van der Waals surface area contributed by atoms with Crippen LogP contribution in [0.25, 0.3) is 11.4 Å². The van der Waals surface area contributed by atoms with Crippen LogP contribution in [0, 0.1) is 0 Å². The van der Waals surface area contributed by atoms with Crippen LogP contribution in [0.1, 0.15) is 0 Å². The number of nitrogen functional groups attached to an aromatic ring is 1. The van der Waals surface area contributed by atoms with Gasteiger partial charge in [-0.05, 0) is 30.3 Å². The fourth-order valence-electron chi connectivity index (χ4n) is 2.28. The second-order valence-electron chi connectivity index (χ2n) is 5.45. The lowest BCUT2D eigenvalue weighted by molar-refractivity contribution is -0.113. The van der Waals surface area contributed by atoms with Gasteiger partial charge in [0.25, 0.3) is 0 Å². The van der Waals surface area contributed by atoms with Gasteiger partial charge in [-0.25, -0.2) is 0 Å². The zero-order valence-electron chi connectivity index (χ0n) is 13.7. The van der Waals surface area contributed by atoms with Crippen molar-refractivity contribution in [1.82, 2.24) is 14.8 Å². The van der Waals surface area contributed by atoms with Crippen LogP contribution in [-0.2, 0) is 11.8 Å². The molecule has 3 N–H and O–H groups in total. The SMILES string of the molecule is Cn1c(SCC(=O)Nc2ccc(Cl)cc2Cl)nnc1-c1cccc(N)c1. The number of hydrogen-bond donors (Lipinski definition) is 2. The minimum Gasteiger partial charge on any atom is -0.399 e. The van der Waals surface area contributed by atoms with Crippen molar-refractivity contribution < 1.29 is 4.79 Å². The first-order valence-corrected chi connectivity index (χ1v) is 9.31. The van der Waals surface area contributed by atoms with E-state index in [1.807, 2.05) is 35.9 Å². The van der Waals surface area contributed by atoms with Crippen molar-refractivity contribution in [3.8, 4) is 11.4 Å². The maximum Gasteiger partial charge on any atom is 0.234 e. The standard InChI is InChI=1S/C17H15Cl2N5OS/c1-24-16(10-3-2-4-12(20)7-10)22-23-17(24)26-9-15(25)21-14-6-5-11(18)8-13(14)19/h2-8H,9,20H2,1H3,(H,21,25). The van der Waals surface area contributed by atoms with Crippen LogP contribution in [0.15, 0.2) is 47.6 Å². The summed E-state index contributed by atoms with van der Waals surface area (Å²) in [5.41, 5.74) is 7.84. The molecule has 1 heterocycles. The van der Waals surface area contributed by atoms with Crippen molar-refractivity contribution in [3.05, 3.63) is 52.5 Å². The summed E-state index contributed by atoms with van der Waals surface area (Å²) in [7, 11) is 1.84. The molecule has 6 nitrogen and oxygen atoms in total. The molecule has 3 aromatic rings. The Morgan fingerprint density at radius 3 is 2.77 bits per heavy atom. The van der Waals surface area contributed by atoms with Crippen LogP contribution in [0.5, 0.6) is 0 Å². The zero-order valence-corrected chi connectivity index (χ0v) is 16.1. The van der Waals surface area contributed by atoms with Gasteiger partial charge in [0, 0.05) is 23.3 Å². The Kier molecular flexibility index (Phi) is 5.70. The summed E-state index contributed by atoms with van der Waals surface area (Å²) >= 11 is 13.2. The normalized spacial score (nSPS) is 10.7. The van der Waals surface area contributed by atoms with Crippen LogP contribution in [0.3, 0.4) is 0 Å². The van der Waals surface area contributed by atoms with Gasteiger partial charge in [-0.3, -0.25) is 4.79 Å². The number of anilines is 2. The van der Waals surface area contributed by atoms with E-state index in [0.717, 1.165) is 5.56 Å². The molecule has 2 aromatic carbocycles. The molecule has 0 bridgehead atoms. The van der Waals surface area contributed by atoms with Gasteiger partial charge in [-0.1, -0.05) is 47.1 Å². The predicted octanol–water partition coefficient (Wildman–Crippen LogP) is 4.10. The van der Waals surface area contributed by atoms with E-state index in [9.17, 15) is 4.79 Å². The monoisotopic (exact) mass is 407 g/mol. The van der Waals surface area contributed by atoms with Crippen LogP contribution >= 0.6 is 35.0 Å². The second kappa shape index (κ2) is 7.99. The number of nitrogens with zero attached hydrogens (tertiary/aromatic N) is 3. The van der Waals surface area contributed by atoms with Crippen molar-refractivity contribution in [3.63, 3.8) is 0 Å². The Morgan fingerprint density at radius 2 is 2.04 bits per heavy atom. The van der Waals surface area contributed by atoms with E-state index in [0.29, 0.717) is 32.4 Å². The average Bonchev–Trinajstić information content (AvgIpc) is 2.96. The van der Waals surface area contributed by atoms with Crippen LogP contribution < -0.4 is 11.1 Å². The topological polar surface area (TPSA) is 85.8 Å². The Labute approximate surface area is 164 Å². The van der Waals surface area contributed by atoms with Gasteiger partial charge in [-0.15, -0.1) is 10.2 Å². The van der Waals surface area contributed by atoms with Gasteiger partial charge in [0.1, 0.15) is 0 Å². The summed E-state index contributed by atoms with van der Waals surface area (Å²) in [5, 5.41) is 12.6. The molecular formula is C17H15Cl2N5OS. The number of amides is 1. The first kappa shape index (κ1) is 18.6. The smallest absolute Gasteiger partial charge is 0.234 e. The van der Waals surface area contributed by atoms with Gasteiger partial charge < -0.3 is 15.6 Å². The lowest BCUT2D eigenvalue weighted by atomic mass is 10.2. The molecule has 0 aliphatic rings. The van der Waals surface area contributed by atoms with Crippen molar-refractivity contribution in [2.45, 2.75) is 5.16 Å². The molecular weight excluding hydrogens is 393 g/mol. The van der Waals surface area contributed by atoms with Crippen LogP contribution in [0.2, 0.25) is 10.0 Å². The summed E-state index contributed by atoms with van der Waals surface area (Å²) in [4.78, 5) is 12.2. The Balaban J connectivity index is 1.66. The van der Waals surface area contributed by atoms with E-state index in [2.05, 4.69) is 15.5 Å². The lowest BCUT2D eigenvalue weighted by Crippen LogP contribution is -2.14. The molecule has 9 heteroatoms. The molecule has 0 atom stereocenters. The highest BCUT2D eigenvalue weighted by atomic mass is 35.5. The quantitative estimate of drug-likeness (QED) is 0.490. The highest BCUT2D eigenvalue weighted by molar-refractivity contribution is 7.99. The molecule has 0 unspecified atom stereocenters. The fraction of sp³-hybridized carbons (Fsp3) is 0.118. The van der Waals surface area contributed by atoms with Crippen molar-refractivity contribution in [2.75, 3.05) is 16.8 Å². The number of thioether (sulfide) groups is 1. The number of carbonyl (C=O) groups is 1. The number of nitrogens with two attached hydrogens (primary N) is 1. The summed E-state index contributed by atoms with van der Waals surface area (Å²) in [6.07, 6.45) is 0. The van der Waals surface area contributed by atoms with Gasteiger partial charge in [0.2, 0.25) is 5.91 Å². The predicted molar refractivity (Wildman–Crippen MR) is 107 cm³/mol. The average molecular weight is 408 g/mol. The number of halogens is 2. The van der Waals surface area contributed by atoms with Gasteiger partial charge >= 0.3 is 0 Å². The van der Waals surface area contributed by atoms with Crippen molar-refractivity contribution in [2.24, 2.45) is 7.05 Å². The van der Waals surface area contributed by atoms with Crippen LogP contribution in [-0.4, -0.2) is 26.4 Å². The third-order valence-electron chi connectivity index (χ3n) is 3.52. The lowest BCUT2D eigenvalue weighted by Gasteiger charge is -2.07. The first-order valence-electron chi connectivity index (χ1n) is 7.57. The van der Waals surface area contributed by atoms with Crippen molar-refractivity contribution >= 4 is 52.2 Å². The number of nitrogens with one attached hydrogen (secondary N) is 1. The van der Waals surface area contributed by atoms with E-state index in [1.165, 1.54) is 11.8 Å². The molecule has 0 fully saturated rings. The molecule has 1 aromatic heterocycles. The van der Waals surface area contributed by atoms with Gasteiger partial charge in [-0.2, -0.15) is 0 Å². The first-order chi connectivity index (χ1) is 12.4. The number of benzene rings is 2. The minimum absolute atomic E-state index is 0.169. The highest BCUT2D eigenvalue weighted by Gasteiger charge is 2.14. The fourth-order valence-corrected chi connectivity index (χ4v) is 3.44. The van der Waals surface area contributed by atoms with E-state index >= 15 is 0 Å². The Bertz CT molecular complexity index is 960. The van der Waals surface area contributed by atoms with E-state index < -0.39 is 0 Å². The maximum absolute atomic E-state index is 12.2. The van der Waals surface area contributed by atoms with Crippen LogP contribution in [0.4, 0.5) is 11.4 Å². The molecule has 0 saturated heterocycles. The van der Waals surface area contributed by atoms with Gasteiger partial charge in [0.05, 0.1) is 16.5 Å².